The van der Waals surface area contributed by atoms with E-state index in [4.69, 9.17) is 0 Å². The van der Waals surface area contributed by atoms with Crippen molar-refractivity contribution in [3.8, 4) is 0 Å². The average molecular weight is 1260 g/mol. The number of halogens is 36. The van der Waals surface area contributed by atoms with Crippen molar-refractivity contribution in [3.63, 3.8) is 0 Å². The van der Waals surface area contributed by atoms with E-state index in [9.17, 15) is 105 Å². The first-order valence-corrected chi connectivity index (χ1v) is 22.3. The Morgan fingerprint density at radius 2 is 0.312 bits per heavy atom. The smallest absolute Gasteiger partial charge is 0.166 e. The van der Waals surface area contributed by atoms with Gasteiger partial charge in [-0.1, -0.05) is 48.5 Å². The van der Waals surface area contributed by atoms with Crippen molar-refractivity contribution in [3.05, 3.63) is 140 Å². The van der Waals surface area contributed by atoms with Crippen LogP contribution in [-0.4, -0.2) is 0 Å². The Hall–Kier alpha value is -5.56. The van der Waals surface area contributed by atoms with Gasteiger partial charge >= 0.3 is 74.1 Å². The van der Waals surface area contributed by atoms with E-state index in [-0.39, 0.29) is 12.1 Å². The molecule has 0 radical (unpaired) electrons. The Morgan fingerprint density at radius 1 is 0.163 bits per heavy atom. The fraction of sp³-hybridized carbons (Fsp3) is 0.286. The summed E-state index contributed by atoms with van der Waals surface area (Å²) in [4.78, 5) is 0. The lowest BCUT2D eigenvalue weighted by Gasteiger charge is -2.35. The number of benzene rings is 5. The van der Waals surface area contributed by atoms with Crippen LogP contribution >= 0.6 is 15.8 Å². The van der Waals surface area contributed by atoms with Gasteiger partial charge in [-0.25, -0.2) is 0 Å². The van der Waals surface area contributed by atoms with E-state index in [0.29, 0.717) is 0 Å². The Bertz CT molecular complexity index is 2740. The Balaban J connectivity index is 2.38. The minimum absolute atomic E-state index is 0.0666. The number of rotatable bonds is 6. The molecule has 38 heteroatoms. The molecule has 0 aliphatic heterocycles. The van der Waals surface area contributed by atoms with Gasteiger partial charge in [-0.3, -0.25) is 0 Å². The van der Waals surface area contributed by atoms with E-state index in [2.05, 4.69) is 0 Å². The minimum atomic E-state index is -7.34. The summed E-state index contributed by atoms with van der Waals surface area (Å²) in [5.74, 6) is 0. The highest BCUT2D eigenvalue weighted by Crippen LogP contribution is 2.57. The van der Waals surface area contributed by atoms with Crippen LogP contribution in [-0.2, 0) is 74.1 Å². The monoisotopic (exact) mass is 1260 g/mol. The molecule has 5 rings (SSSR count). The molecule has 0 saturated carbocycles. The highest BCUT2D eigenvalue weighted by molar-refractivity contribution is 7.85. The zero-order valence-corrected chi connectivity index (χ0v) is 38.2. The summed E-state index contributed by atoms with van der Waals surface area (Å²) in [6.45, 7) is 0. The molecular weight excluding hydrogens is 1250 g/mol. The maximum absolute atomic E-state index is 15.3. The zero-order valence-electron chi connectivity index (χ0n) is 36.4. The van der Waals surface area contributed by atoms with E-state index in [1.54, 1.807) is 0 Å². The van der Waals surface area contributed by atoms with Gasteiger partial charge in [0, 0.05) is 0 Å². The average Bonchev–Trinajstić information content (AvgIpc) is 3.22. The van der Waals surface area contributed by atoms with Crippen LogP contribution in [0.25, 0.3) is 0 Å². The van der Waals surface area contributed by atoms with Crippen molar-refractivity contribution in [2.45, 2.75) is 74.1 Å². The van der Waals surface area contributed by atoms with Gasteiger partial charge in [-0.05, 0) is 71.9 Å². The molecular formula is C42H12F36P2. The molecule has 0 unspecified atom stereocenters. The number of hydrogen-bond donors (Lipinski definition) is 0. The van der Waals surface area contributed by atoms with Crippen molar-refractivity contribution >= 4 is 47.7 Å². The van der Waals surface area contributed by atoms with Crippen LogP contribution in [0.1, 0.15) is 66.8 Å². The summed E-state index contributed by atoms with van der Waals surface area (Å²) in [6, 6.07) is -10.2. The Labute approximate surface area is 419 Å². The molecule has 0 saturated heterocycles. The molecule has 0 aliphatic carbocycles. The highest BCUT2D eigenvalue weighted by atomic mass is 31.1. The third-order valence-corrected chi connectivity index (χ3v) is 15.9. The standard InChI is InChI=1S/C42H12F36P2/c43-31(44,45)13-5-9-19(27(39(67,68)69)23(13)35(55,56)57)79(20-10-6-14(32(46,47)48)24(36(58,59)60)28(20)40(70,71)72)17-3-1-2-4-18(17)80(21-11-7-15(33(49,50)51)25(37(61,62)63)29(21)41(73,74)75)22-12-8-16(34(52,53)54)26(38(64,65)66)30(22)42(76,77)78/h1-12H. The maximum atomic E-state index is 15.3. The lowest BCUT2D eigenvalue weighted by Crippen LogP contribution is -2.42. The predicted molar refractivity (Wildman–Crippen MR) is 204 cm³/mol. The van der Waals surface area contributed by atoms with Crippen molar-refractivity contribution < 1.29 is 158 Å². The summed E-state index contributed by atoms with van der Waals surface area (Å²) in [7, 11) is -11.6. The van der Waals surface area contributed by atoms with Crippen LogP contribution in [0.2, 0.25) is 0 Å². The largest absolute Gasteiger partial charge is 0.417 e. The molecule has 0 N–H and O–H groups in total. The van der Waals surface area contributed by atoms with Crippen molar-refractivity contribution in [2.24, 2.45) is 0 Å². The van der Waals surface area contributed by atoms with Gasteiger partial charge in [-0.2, -0.15) is 158 Å². The van der Waals surface area contributed by atoms with Gasteiger partial charge < -0.3 is 0 Å². The summed E-state index contributed by atoms with van der Waals surface area (Å²) in [5.41, 5.74) is -47.4. The quantitative estimate of drug-likeness (QED) is 0.117. The van der Waals surface area contributed by atoms with Crippen LogP contribution in [0.5, 0.6) is 0 Å². The first-order valence-electron chi connectivity index (χ1n) is 19.6. The van der Waals surface area contributed by atoms with Gasteiger partial charge in [0.2, 0.25) is 0 Å². The second-order valence-corrected chi connectivity index (χ2v) is 19.9. The molecule has 5 aromatic carbocycles. The summed E-state index contributed by atoms with van der Waals surface area (Å²) >= 11 is 0. The van der Waals surface area contributed by atoms with E-state index < -0.39 is 249 Å². The normalized spacial score (nSPS) is 14.5. The molecule has 0 amide bonds. The van der Waals surface area contributed by atoms with Gasteiger partial charge in [0.25, 0.3) is 0 Å². The first-order chi connectivity index (χ1) is 35.4. The predicted octanol–water partition coefficient (Wildman–Crippen LogP) is 17.4. The van der Waals surface area contributed by atoms with Gasteiger partial charge in [0.15, 0.2) is 0 Å². The molecule has 0 atom stereocenters. The maximum Gasteiger partial charge on any atom is 0.417 e. The van der Waals surface area contributed by atoms with E-state index in [1.807, 2.05) is 0 Å². The van der Waals surface area contributed by atoms with E-state index >= 15 is 52.7 Å². The zero-order chi connectivity index (χ0) is 62.0. The fourth-order valence-electron chi connectivity index (χ4n) is 8.00. The van der Waals surface area contributed by atoms with Crippen LogP contribution in [0, 0.1) is 0 Å². The highest BCUT2D eigenvalue weighted by Gasteiger charge is 2.59. The van der Waals surface area contributed by atoms with Gasteiger partial charge in [0.1, 0.15) is 0 Å². The second kappa shape index (κ2) is 20.1. The Kier molecular flexibility index (Phi) is 16.4. The Morgan fingerprint density at radius 3 is 0.438 bits per heavy atom. The topological polar surface area (TPSA) is 0 Å². The third-order valence-electron chi connectivity index (χ3n) is 10.5. The number of hydrogen-bond acceptors (Lipinski definition) is 0. The third kappa shape index (κ3) is 12.9. The number of alkyl halides is 36. The molecule has 0 heterocycles. The molecule has 442 valence electrons. The van der Waals surface area contributed by atoms with Crippen LogP contribution in [0.15, 0.2) is 72.8 Å². The molecule has 5 aromatic rings. The SMILES string of the molecule is FC(F)(F)c1ccc(P(c2ccccc2P(c2ccc(C(F)(F)F)c(C(F)(F)F)c2C(F)(F)F)c2ccc(C(F)(F)F)c(C(F)(F)F)c2C(F)(F)F)c2ccc(C(F)(F)F)c(C(F)(F)F)c2C(F)(F)F)c(C(F)(F)F)c1C(F)(F)F. The van der Waals surface area contributed by atoms with Crippen LogP contribution in [0.4, 0.5) is 158 Å². The summed E-state index contributed by atoms with van der Waals surface area (Å²) in [6.07, 6.45) is -85.5. The minimum Gasteiger partial charge on any atom is -0.166 e. The molecule has 80 heavy (non-hydrogen) atoms. The molecule has 0 bridgehead atoms. The summed E-state index contributed by atoms with van der Waals surface area (Å²) in [5, 5.41) is -17.5. The van der Waals surface area contributed by atoms with E-state index in [0.717, 1.165) is 0 Å². The van der Waals surface area contributed by atoms with E-state index in [1.165, 1.54) is 0 Å². The van der Waals surface area contributed by atoms with Crippen molar-refractivity contribution in [1.82, 2.24) is 0 Å². The van der Waals surface area contributed by atoms with Crippen LogP contribution in [0.3, 0.4) is 0 Å². The lowest BCUT2D eigenvalue weighted by molar-refractivity contribution is -0.174. The lowest BCUT2D eigenvalue weighted by atomic mass is 9.99. The fourth-order valence-corrected chi connectivity index (χ4v) is 14.0. The van der Waals surface area contributed by atoms with Crippen molar-refractivity contribution in [2.75, 3.05) is 0 Å². The van der Waals surface area contributed by atoms with Gasteiger partial charge in [0.05, 0.1) is 66.8 Å². The molecule has 0 aliphatic rings. The van der Waals surface area contributed by atoms with Gasteiger partial charge in [-0.15, -0.1) is 0 Å². The summed E-state index contributed by atoms with van der Waals surface area (Å²) < 4.78 is 531. The molecule has 0 spiro atoms. The molecule has 0 fully saturated rings. The first kappa shape index (κ1) is 65.3. The molecule has 0 aromatic heterocycles. The molecule has 0 nitrogen and oxygen atoms in total. The second-order valence-electron chi connectivity index (χ2n) is 15.7. The van der Waals surface area contributed by atoms with Crippen LogP contribution < -0.4 is 31.8 Å². The van der Waals surface area contributed by atoms with Crippen molar-refractivity contribution in [1.29, 1.82) is 0 Å².